The summed E-state index contributed by atoms with van der Waals surface area (Å²) in [6.07, 6.45) is 6.30. The molecule has 1 aromatic carbocycles. The molecule has 0 radical (unpaired) electrons. The van der Waals surface area contributed by atoms with Gasteiger partial charge in [0.25, 0.3) is 5.91 Å². The Morgan fingerprint density at radius 1 is 1.13 bits per heavy atom. The summed E-state index contributed by atoms with van der Waals surface area (Å²) >= 11 is 1.37. The van der Waals surface area contributed by atoms with Crippen LogP contribution in [0.5, 0.6) is 0 Å². The van der Waals surface area contributed by atoms with Gasteiger partial charge in [-0.1, -0.05) is 12.1 Å². The van der Waals surface area contributed by atoms with Crippen LogP contribution in [0, 0.1) is 5.82 Å². The molecule has 0 saturated heterocycles. The fourth-order valence-electron chi connectivity index (χ4n) is 3.16. The van der Waals surface area contributed by atoms with Crippen LogP contribution in [0.3, 0.4) is 0 Å². The van der Waals surface area contributed by atoms with Gasteiger partial charge in [0.15, 0.2) is 6.61 Å². The number of thiophene rings is 1. The number of benzene rings is 1. The molecule has 0 atom stereocenters. The summed E-state index contributed by atoms with van der Waals surface area (Å²) in [4.78, 5) is 37.6. The normalized spacial score (nSPS) is 13.0. The minimum atomic E-state index is -0.703. The van der Waals surface area contributed by atoms with Gasteiger partial charge in [-0.25, -0.2) is 14.0 Å². The van der Waals surface area contributed by atoms with E-state index in [1.807, 2.05) is 0 Å². The number of esters is 2. The highest BCUT2D eigenvalue weighted by Gasteiger charge is 2.27. The lowest BCUT2D eigenvalue weighted by Gasteiger charge is -2.12. The number of nitrogens with one attached hydrogen (secondary N) is 1. The maximum absolute atomic E-state index is 12.9. The number of carbonyl (C=O) groups is 3. The second-order valence-electron chi connectivity index (χ2n) is 6.68. The number of aryl methyl sites for hydroxylation is 1. The number of hydrogen-bond donors (Lipinski definition) is 1. The van der Waals surface area contributed by atoms with Crippen LogP contribution in [-0.2, 0) is 31.9 Å². The third-order valence-corrected chi connectivity index (χ3v) is 5.74. The summed E-state index contributed by atoms with van der Waals surface area (Å²) in [5.74, 6) is -2.07. The van der Waals surface area contributed by atoms with Crippen LogP contribution in [0.15, 0.2) is 30.3 Å². The van der Waals surface area contributed by atoms with E-state index in [1.54, 1.807) is 6.92 Å². The predicted octanol–water partition coefficient (Wildman–Crippen LogP) is 4.14. The fourth-order valence-corrected chi connectivity index (χ4v) is 4.45. The van der Waals surface area contributed by atoms with Crippen molar-refractivity contribution in [3.8, 4) is 0 Å². The van der Waals surface area contributed by atoms with E-state index < -0.39 is 24.5 Å². The molecule has 0 spiro atoms. The molecule has 30 heavy (non-hydrogen) atoms. The van der Waals surface area contributed by atoms with Gasteiger partial charge in [-0.15, -0.1) is 11.3 Å². The highest BCUT2D eigenvalue weighted by atomic mass is 32.1. The van der Waals surface area contributed by atoms with Gasteiger partial charge < -0.3 is 14.8 Å². The third kappa shape index (κ3) is 5.54. The van der Waals surface area contributed by atoms with Gasteiger partial charge in [-0.2, -0.15) is 0 Å². The van der Waals surface area contributed by atoms with E-state index in [9.17, 15) is 18.8 Å². The Morgan fingerprint density at radius 3 is 2.60 bits per heavy atom. The first kappa shape index (κ1) is 21.7. The molecular formula is C22H22FNO5S. The first-order valence-corrected chi connectivity index (χ1v) is 10.5. The lowest BCUT2D eigenvalue weighted by atomic mass is 9.95. The van der Waals surface area contributed by atoms with Gasteiger partial charge >= 0.3 is 11.9 Å². The average Bonchev–Trinajstić information content (AvgIpc) is 3.09. The van der Waals surface area contributed by atoms with Crippen molar-refractivity contribution in [1.82, 2.24) is 0 Å². The molecule has 0 unspecified atom stereocenters. The van der Waals surface area contributed by atoms with E-state index >= 15 is 0 Å². The molecule has 1 N–H and O–H groups in total. The molecule has 2 aromatic rings. The summed E-state index contributed by atoms with van der Waals surface area (Å²) in [6.45, 7) is 1.49. The molecule has 1 aliphatic carbocycles. The Balaban J connectivity index is 1.60. The number of halogens is 1. The minimum absolute atomic E-state index is 0.245. The summed E-state index contributed by atoms with van der Waals surface area (Å²) in [5, 5.41) is 3.11. The van der Waals surface area contributed by atoms with Crippen LogP contribution in [0.1, 0.15) is 46.1 Å². The molecule has 1 heterocycles. The second kappa shape index (κ2) is 10.2. The van der Waals surface area contributed by atoms with Gasteiger partial charge in [-0.05, 0) is 61.9 Å². The van der Waals surface area contributed by atoms with E-state index in [4.69, 9.17) is 9.47 Å². The SMILES string of the molecule is CCOC(=O)c1c(NC(=O)COC(=O)/C=C/c2ccc(F)cc2)sc2c1CCCC2. The molecular weight excluding hydrogens is 409 g/mol. The lowest BCUT2D eigenvalue weighted by molar-refractivity contribution is -0.142. The Morgan fingerprint density at radius 2 is 1.87 bits per heavy atom. The maximum Gasteiger partial charge on any atom is 0.341 e. The number of fused-ring (bicyclic) bond motifs is 1. The van der Waals surface area contributed by atoms with Crippen LogP contribution in [0.25, 0.3) is 6.08 Å². The van der Waals surface area contributed by atoms with Crippen molar-refractivity contribution in [1.29, 1.82) is 0 Å². The Labute approximate surface area is 177 Å². The predicted molar refractivity (Wildman–Crippen MR) is 112 cm³/mol. The van der Waals surface area contributed by atoms with Gasteiger partial charge in [-0.3, -0.25) is 4.79 Å². The van der Waals surface area contributed by atoms with E-state index in [-0.39, 0.29) is 12.4 Å². The van der Waals surface area contributed by atoms with Crippen molar-refractivity contribution in [2.45, 2.75) is 32.6 Å². The molecule has 8 heteroatoms. The van der Waals surface area contributed by atoms with Gasteiger partial charge in [0, 0.05) is 11.0 Å². The van der Waals surface area contributed by atoms with Crippen molar-refractivity contribution in [2.75, 3.05) is 18.5 Å². The van der Waals surface area contributed by atoms with Crippen LogP contribution in [-0.4, -0.2) is 31.1 Å². The maximum atomic E-state index is 12.9. The molecule has 0 saturated carbocycles. The average molecular weight is 431 g/mol. The molecule has 1 aromatic heterocycles. The first-order valence-electron chi connectivity index (χ1n) is 9.70. The van der Waals surface area contributed by atoms with E-state index in [0.717, 1.165) is 42.2 Å². The summed E-state index contributed by atoms with van der Waals surface area (Å²) in [6, 6.07) is 5.59. The van der Waals surface area contributed by atoms with E-state index in [0.29, 0.717) is 16.1 Å². The summed E-state index contributed by atoms with van der Waals surface area (Å²) in [7, 11) is 0. The highest BCUT2D eigenvalue weighted by molar-refractivity contribution is 7.17. The van der Waals surface area contributed by atoms with Crippen molar-refractivity contribution >= 4 is 40.3 Å². The Kier molecular flexibility index (Phi) is 7.35. The fraction of sp³-hybridized carbons (Fsp3) is 0.318. The van der Waals surface area contributed by atoms with Gasteiger partial charge in [0.05, 0.1) is 12.2 Å². The molecule has 0 fully saturated rings. The zero-order valence-corrected chi connectivity index (χ0v) is 17.4. The minimum Gasteiger partial charge on any atom is -0.462 e. The number of anilines is 1. The van der Waals surface area contributed by atoms with E-state index in [2.05, 4.69) is 5.32 Å². The van der Waals surface area contributed by atoms with Crippen LogP contribution in [0.2, 0.25) is 0 Å². The molecule has 3 rings (SSSR count). The standard InChI is InChI=1S/C22H22FNO5S/c1-2-28-22(27)20-16-5-3-4-6-17(16)30-21(20)24-18(25)13-29-19(26)12-9-14-7-10-15(23)11-8-14/h7-12H,2-6,13H2,1H3,(H,24,25)/b12-9+. The number of hydrogen-bond acceptors (Lipinski definition) is 6. The van der Waals surface area contributed by atoms with Crippen LogP contribution < -0.4 is 5.32 Å². The zero-order valence-electron chi connectivity index (χ0n) is 16.5. The monoisotopic (exact) mass is 431 g/mol. The quantitative estimate of drug-likeness (QED) is 0.526. The summed E-state index contributed by atoms with van der Waals surface area (Å²) in [5.41, 5.74) is 1.98. The molecule has 0 bridgehead atoms. The third-order valence-electron chi connectivity index (χ3n) is 4.53. The number of amides is 1. The van der Waals surface area contributed by atoms with Crippen molar-refractivity contribution < 1.29 is 28.2 Å². The van der Waals surface area contributed by atoms with Crippen molar-refractivity contribution in [3.63, 3.8) is 0 Å². The number of carbonyl (C=O) groups excluding carboxylic acids is 3. The van der Waals surface area contributed by atoms with Gasteiger partial charge in [0.2, 0.25) is 0 Å². The highest BCUT2D eigenvalue weighted by Crippen LogP contribution is 2.38. The molecule has 6 nitrogen and oxygen atoms in total. The summed E-state index contributed by atoms with van der Waals surface area (Å²) < 4.78 is 23.0. The smallest absolute Gasteiger partial charge is 0.341 e. The molecule has 1 amide bonds. The molecule has 158 valence electrons. The Bertz CT molecular complexity index is 965. The lowest BCUT2D eigenvalue weighted by Crippen LogP contribution is -2.21. The molecule has 1 aliphatic rings. The van der Waals surface area contributed by atoms with Gasteiger partial charge in [0.1, 0.15) is 10.8 Å². The first-order chi connectivity index (χ1) is 14.5. The van der Waals surface area contributed by atoms with Crippen LogP contribution >= 0.6 is 11.3 Å². The van der Waals surface area contributed by atoms with Crippen LogP contribution in [0.4, 0.5) is 9.39 Å². The second-order valence-corrected chi connectivity index (χ2v) is 7.78. The topological polar surface area (TPSA) is 81.7 Å². The Hall–Kier alpha value is -3.00. The number of rotatable bonds is 7. The largest absolute Gasteiger partial charge is 0.462 e. The zero-order chi connectivity index (χ0) is 21.5. The van der Waals surface area contributed by atoms with Crippen molar-refractivity contribution in [2.24, 2.45) is 0 Å². The molecule has 0 aliphatic heterocycles. The number of ether oxygens (including phenoxy) is 2. The van der Waals surface area contributed by atoms with E-state index in [1.165, 1.54) is 41.7 Å². The van der Waals surface area contributed by atoms with Crippen molar-refractivity contribution in [3.05, 3.63) is 57.7 Å².